The first-order valence-electron chi connectivity index (χ1n) is 9.97. The number of carbonyl (C=O) groups excluding carboxylic acids is 3. The van der Waals surface area contributed by atoms with E-state index in [1.165, 1.54) is 23.1 Å². The second-order valence-electron chi connectivity index (χ2n) is 7.28. The molecule has 1 aliphatic carbocycles. The molecule has 0 saturated carbocycles. The van der Waals surface area contributed by atoms with Crippen LogP contribution in [0.4, 0.5) is 5.00 Å². The SMILES string of the molecule is NC(=O)c1c(NC(=O)CCCN2C(=O)/C(=C\c3cccs3)SC2=S)sc2c1CCCC2. The van der Waals surface area contributed by atoms with Gasteiger partial charge in [-0.2, -0.15) is 0 Å². The highest BCUT2D eigenvalue weighted by Crippen LogP contribution is 2.38. The smallest absolute Gasteiger partial charge is 0.266 e. The molecule has 0 aromatic carbocycles. The van der Waals surface area contributed by atoms with Crippen molar-refractivity contribution >= 4 is 79.8 Å². The Bertz CT molecular complexity index is 1070. The number of thiophene rings is 2. The van der Waals surface area contributed by atoms with Crippen molar-refractivity contribution in [2.75, 3.05) is 11.9 Å². The standard InChI is InChI=1S/C21H21N3O3S4/c22-18(26)17-13-6-1-2-7-14(13)30-19(17)23-16(25)8-3-9-24-20(27)15(31-21(24)28)11-12-5-4-10-29-12/h4-5,10-11H,1-3,6-9H2,(H2,22,26)(H,23,25)/b15-11+. The Morgan fingerprint density at radius 3 is 2.84 bits per heavy atom. The van der Waals surface area contributed by atoms with Crippen molar-refractivity contribution in [1.82, 2.24) is 4.90 Å². The maximum Gasteiger partial charge on any atom is 0.266 e. The molecule has 162 valence electrons. The van der Waals surface area contributed by atoms with Gasteiger partial charge in [0.2, 0.25) is 5.91 Å². The first-order chi connectivity index (χ1) is 14.9. The maximum atomic E-state index is 12.6. The summed E-state index contributed by atoms with van der Waals surface area (Å²) < 4.78 is 0.509. The normalized spacial score (nSPS) is 17.3. The lowest BCUT2D eigenvalue weighted by molar-refractivity contribution is -0.122. The minimum absolute atomic E-state index is 0.120. The van der Waals surface area contributed by atoms with Gasteiger partial charge in [0.15, 0.2) is 0 Å². The van der Waals surface area contributed by atoms with Crippen LogP contribution in [0.5, 0.6) is 0 Å². The van der Waals surface area contributed by atoms with E-state index in [9.17, 15) is 14.4 Å². The predicted octanol–water partition coefficient (Wildman–Crippen LogP) is 4.41. The number of hydrogen-bond donors (Lipinski definition) is 2. The van der Waals surface area contributed by atoms with Gasteiger partial charge in [-0.3, -0.25) is 19.3 Å². The number of aryl methyl sites for hydroxylation is 1. The second-order valence-corrected chi connectivity index (χ2v) is 11.0. The Hall–Kier alpha value is -2.01. The monoisotopic (exact) mass is 491 g/mol. The third-order valence-electron chi connectivity index (χ3n) is 5.15. The molecule has 3 N–H and O–H groups in total. The zero-order valence-corrected chi connectivity index (χ0v) is 19.9. The summed E-state index contributed by atoms with van der Waals surface area (Å²) in [5.41, 5.74) is 7.04. The van der Waals surface area contributed by atoms with Crippen LogP contribution < -0.4 is 11.1 Å². The fraction of sp³-hybridized carbons (Fsp3) is 0.333. The average molecular weight is 492 g/mol. The molecule has 0 radical (unpaired) electrons. The third kappa shape index (κ3) is 4.92. The molecule has 3 amide bonds. The van der Waals surface area contributed by atoms with E-state index >= 15 is 0 Å². The Labute approximate surface area is 197 Å². The van der Waals surface area contributed by atoms with Gasteiger partial charge in [-0.25, -0.2) is 0 Å². The topological polar surface area (TPSA) is 92.5 Å². The van der Waals surface area contributed by atoms with Gasteiger partial charge in [0.25, 0.3) is 11.8 Å². The Morgan fingerprint density at radius 2 is 2.10 bits per heavy atom. The number of carbonyl (C=O) groups is 3. The summed E-state index contributed by atoms with van der Waals surface area (Å²) in [5.74, 6) is -0.809. The minimum atomic E-state index is -0.496. The summed E-state index contributed by atoms with van der Waals surface area (Å²) in [6.07, 6.45) is 6.41. The fourth-order valence-corrected chi connectivity index (χ4v) is 7.04. The Morgan fingerprint density at radius 1 is 1.29 bits per heavy atom. The van der Waals surface area contributed by atoms with Crippen molar-refractivity contribution in [3.63, 3.8) is 0 Å². The van der Waals surface area contributed by atoms with Gasteiger partial charge in [0.1, 0.15) is 9.32 Å². The van der Waals surface area contributed by atoms with Crippen LogP contribution in [0.25, 0.3) is 6.08 Å². The molecule has 2 aliphatic rings. The lowest BCUT2D eigenvalue weighted by Crippen LogP contribution is -2.29. The highest BCUT2D eigenvalue weighted by atomic mass is 32.2. The van der Waals surface area contributed by atoms with Gasteiger partial charge < -0.3 is 11.1 Å². The lowest BCUT2D eigenvalue weighted by Gasteiger charge is -2.14. The van der Waals surface area contributed by atoms with Crippen LogP contribution in [0.3, 0.4) is 0 Å². The van der Waals surface area contributed by atoms with Gasteiger partial charge in [0, 0.05) is 22.7 Å². The molecular weight excluding hydrogens is 471 g/mol. The quantitative estimate of drug-likeness (QED) is 0.442. The summed E-state index contributed by atoms with van der Waals surface area (Å²) in [5, 5.41) is 5.37. The van der Waals surface area contributed by atoms with Crippen molar-refractivity contribution in [1.29, 1.82) is 0 Å². The van der Waals surface area contributed by atoms with Crippen LogP contribution in [0.15, 0.2) is 22.4 Å². The molecule has 6 nitrogen and oxygen atoms in total. The number of amides is 3. The second kappa shape index (κ2) is 9.64. The summed E-state index contributed by atoms with van der Waals surface area (Å²) in [7, 11) is 0. The van der Waals surface area contributed by atoms with Gasteiger partial charge in [-0.15, -0.1) is 22.7 Å². The molecule has 4 rings (SSSR count). The van der Waals surface area contributed by atoms with Crippen LogP contribution in [0.1, 0.15) is 51.4 Å². The molecule has 1 saturated heterocycles. The lowest BCUT2D eigenvalue weighted by atomic mass is 9.95. The zero-order valence-electron chi connectivity index (χ0n) is 16.6. The summed E-state index contributed by atoms with van der Waals surface area (Å²) in [6, 6.07) is 3.88. The summed E-state index contributed by atoms with van der Waals surface area (Å²) in [6.45, 7) is 0.378. The number of nitrogens with zero attached hydrogens (tertiary/aromatic N) is 1. The van der Waals surface area contributed by atoms with E-state index in [1.807, 2.05) is 23.6 Å². The van der Waals surface area contributed by atoms with Crippen molar-refractivity contribution < 1.29 is 14.4 Å². The van der Waals surface area contributed by atoms with E-state index in [-0.39, 0.29) is 18.2 Å². The van der Waals surface area contributed by atoms with Crippen molar-refractivity contribution in [3.05, 3.63) is 43.3 Å². The van der Waals surface area contributed by atoms with Crippen LogP contribution in [-0.2, 0) is 22.4 Å². The van der Waals surface area contributed by atoms with Gasteiger partial charge in [-0.1, -0.05) is 30.0 Å². The van der Waals surface area contributed by atoms with Gasteiger partial charge in [0.05, 0.1) is 10.5 Å². The number of hydrogen-bond acceptors (Lipinski definition) is 7. The molecule has 31 heavy (non-hydrogen) atoms. The summed E-state index contributed by atoms with van der Waals surface area (Å²) in [4.78, 5) is 41.4. The molecule has 1 fully saturated rings. The molecule has 0 atom stereocenters. The summed E-state index contributed by atoms with van der Waals surface area (Å²) >= 11 is 9.65. The molecule has 2 aromatic rings. The third-order valence-corrected chi connectivity index (χ3v) is 8.55. The number of rotatable bonds is 7. The highest BCUT2D eigenvalue weighted by Gasteiger charge is 2.32. The predicted molar refractivity (Wildman–Crippen MR) is 132 cm³/mol. The van der Waals surface area contributed by atoms with E-state index < -0.39 is 5.91 Å². The number of nitrogens with two attached hydrogens (primary N) is 1. The largest absolute Gasteiger partial charge is 0.365 e. The number of thioether (sulfide) groups is 1. The van der Waals surface area contributed by atoms with Crippen LogP contribution in [0.2, 0.25) is 0 Å². The molecule has 1 aliphatic heterocycles. The minimum Gasteiger partial charge on any atom is -0.365 e. The van der Waals surface area contributed by atoms with Crippen LogP contribution >= 0.6 is 46.7 Å². The van der Waals surface area contributed by atoms with Crippen LogP contribution in [0, 0.1) is 0 Å². The van der Waals surface area contributed by atoms with E-state index in [4.69, 9.17) is 18.0 Å². The van der Waals surface area contributed by atoms with Crippen LogP contribution in [-0.4, -0.2) is 33.5 Å². The van der Waals surface area contributed by atoms with Gasteiger partial charge >= 0.3 is 0 Å². The van der Waals surface area contributed by atoms with E-state index in [0.717, 1.165) is 41.0 Å². The first kappa shape index (κ1) is 22.2. The van der Waals surface area contributed by atoms with Crippen molar-refractivity contribution in [2.45, 2.75) is 38.5 Å². The maximum absolute atomic E-state index is 12.6. The number of primary amides is 1. The number of fused-ring (bicyclic) bond motifs is 1. The number of thiocarbonyl (C=S) groups is 1. The Kier molecular flexibility index (Phi) is 6.90. The van der Waals surface area contributed by atoms with E-state index in [2.05, 4.69) is 5.32 Å². The number of nitrogens with one attached hydrogen (secondary N) is 1. The molecule has 0 bridgehead atoms. The van der Waals surface area contributed by atoms with Crippen molar-refractivity contribution in [2.24, 2.45) is 5.73 Å². The van der Waals surface area contributed by atoms with E-state index in [0.29, 0.717) is 32.8 Å². The first-order valence-corrected chi connectivity index (χ1v) is 12.9. The molecule has 2 aromatic heterocycles. The van der Waals surface area contributed by atoms with E-state index in [1.54, 1.807) is 16.2 Å². The fourth-order valence-electron chi connectivity index (χ4n) is 3.70. The molecule has 10 heteroatoms. The molecule has 0 spiro atoms. The Balaban J connectivity index is 1.34. The number of anilines is 1. The van der Waals surface area contributed by atoms with Crippen molar-refractivity contribution in [3.8, 4) is 0 Å². The molecule has 3 heterocycles. The molecular formula is C21H21N3O3S4. The highest BCUT2D eigenvalue weighted by molar-refractivity contribution is 8.26. The zero-order chi connectivity index (χ0) is 22.0. The van der Waals surface area contributed by atoms with Gasteiger partial charge in [-0.05, 0) is 55.2 Å². The molecule has 0 unspecified atom stereocenters. The average Bonchev–Trinajstić information content (AvgIpc) is 3.42.